The normalized spacial score (nSPS) is 14.1. The Labute approximate surface area is 231 Å². The predicted molar refractivity (Wildman–Crippen MR) is 146 cm³/mol. The Bertz CT molecular complexity index is 1670. The van der Waals surface area contributed by atoms with Crippen molar-refractivity contribution in [2.24, 2.45) is 0 Å². The molecule has 0 saturated carbocycles. The average Bonchev–Trinajstić information content (AvgIpc) is 2.90. The van der Waals surface area contributed by atoms with Crippen molar-refractivity contribution in [1.82, 2.24) is 9.47 Å². The number of benzene rings is 3. The number of carboxylic acids is 1. The average molecular weight is 572 g/mol. The molecule has 11 heteroatoms. The predicted octanol–water partition coefficient (Wildman–Crippen LogP) is 5.28. The molecule has 1 aliphatic heterocycles. The van der Waals surface area contributed by atoms with Crippen LogP contribution in [0.3, 0.4) is 0 Å². The molecule has 39 heavy (non-hydrogen) atoms. The highest BCUT2D eigenvalue weighted by Crippen LogP contribution is 2.28. The van der Waals surface area contributed by atoms with Crippen LogP contribution >= 0.6 is 23.2 Å². The molecule has 0 bridgehead atoms. The number of Topliss-reactive ketones (excluding diaryl/α,β-unsaturated/α-hetero) is 1. The van der Waals surface area contributed by atoms with Crippen molar-refractivity contribution >= 4 is 51.5 Å². The monoisotopic (exact) mass is 571 g/mol. The number of carbonyl (C=O) groups excluding carboxylic acids is 1. The van der Waals surface area contributed by atoms with Gasteiger partial charge in [0.25, 0.3) is 0 Å². The number of nitrogens with zero attached hydrogens (tertiary/aromatic N) is 3. The van der Waals surface area contributed by atoms with Crippen molar-refractivity contribution in [2.45, 2.75) is 0 Å². The molecule has 2 heterocycles. The summed E-state index contributed by atoms with van der Waals surface area (Å²) < 4.78 is 30.3. The van der Waals surface area contributed by atoms with Crippen LogP contribution in [0.5, 0.6) is 0 Å². The van der Waals surface area contributed by atoms with Gasteiger partial charge in [-0.25, -0.2) is 13.6 Å². The van der Waals surface area contributed by atoms with Crippen molar-refractivity contribution in [2.75, 3.05) is 37.6 Å². The zero-order chi connectivity index (χ0) is 27.8. The van der Waals surface area contributed by atoms with E-state index in [0.717, 1.165) is 12.3 Å². The molecule has 200 valence electrons. The second kappa shape index (κ2) is 10.8. The van der Waals surface area contributed by atoms with E-state index in [9.17, 15) is 23.9 Å². The largest absolute Gasteiger partial charge is 0.477 e. The first-order valence-corrected chi connectivity index (χ1v) is 12.7. The van der Waals surface area contributed by atoms with E-state index in [4.69, 9.17) is 23.2 Å². The number of halogens is 4. The minimum atomic E-state index is -1.45. The molecule has 1 saturated heterocycles. The Morgan fingerprint density at radius 2 is 1.59 bits per heavy atom. The number of pyridine rings is 1. The van der Waals surface area contributed by atoms with Gasteiger partial charge in [-0.1, -0.05) is 23.2 Å². The fourth-order valence-electron chi connectivity index (χ4n) is 4.70. The first kappa shape index (κ1) is 26.8. The fourth-order valence-corrected chi connectivity index (χ4v) is 5.21. The number of carbonyl (C=O) groups is 2. The van der Waals surface area contributed by atoms with E-state index in [1.54, 1.807) is 17.0 Å². The Morgan fingerprint density at radius 1 is 0.897 bits per heavy atom. The van der Waals surface area contributed by atoms with Gasteiger partial charge in [-0.15, -0.1) is 0 Å². The topological polar surface area (TPSA) is 82.8 Å². The van der Waals surface area contributed by atoms with Crippen LogP contribution in [0, 0.1) is 11.6 Å². The minimum absolute atomic E-state index is 0.107. The fraction of sp³-hybridized carbons (Fsp3) is 0.179. The van der Waals surface area contributed by atoms with E-state index in [1.807, 2.05) is 4.90 Å². The molecule has 4 aromatic rings. The van der Waals surface area contributed by atoms with Crippen LogP contribution in [0.2, 0.25) is 10.0 Å². The Hall–Kier alpha value is -3.79. The van der Waals surface area contributed by atoms with Gasteiger partial charge in [0.2, 0.25) is 5.43 Å². The van der Waals surface area contributed by atoms with Gasteiger partial charge >= 0.3 is 5.97 Å². The second-order valence-electron chi connectivity index (χ2n) is 9.15. The summed E-state index contributed by atoms with van der Waals surface area (Å²) in [6.07, 6.45) is 1.16. The molecule has 1 aromatic heterocycles. The number of rotatable bonds is 6. The van der Waals surface area contributed by atoms with Gasteiger partial charge in [-0.05, 0) is 54.6 Å². The van der Waals surface area contributed by atoms with Crippen molar-refractivity contribution in [3.63, 3.8) is 0 Å². The smallest absolute Gasteiger partial charge is 0.341 e. The first-order valence-electron chi connectivity index (χ1n) is 12.0. The summed E-state index contributed by atoms with van der Waals surface area (Å²) in [7, 11) is 0. The van der Waals surface area contributed by atoms with Crippen molar-refractivity contribution in [3.05, 3.63) is 104 Å². The van der Waals surface area contributed by atoms with Crippen LogP contribution < -0.4 is 10.3 Å². The van der Waals surface area contributed by atoms with Gasteiger partial charge in [0.05, 0.1) is 22.8 Å². The number of fused-ring (bicyclic) bond motifs is 1. The van der Waals surface area contributed by atoms with E-state index in [2.05, 4.69) is 0 Å². The summed E-state index contributed by atoms with van der Waals surface area (Å²) in [6, 6.07) is 12.5. The van der Waals surface area contributed by atoms with Gasteiger partial charge in [0.15, 0.2) is 5.78 Å². The molecule has 0 amide bonds. The molecule has 7 nitrogen and oxygen atoms in total. The number of hydrogen-bond acceptors (Lipinski definition) is 5. The summed E-state index contributed by atoms with van der Waals surface area (Å²) in [5, 5.41) is 10.1. The molecule has 1 N–H and O–H groups in total. The molecule has 3 aromatic carbocycles. The van der Waals surface area contributed by atoms with Crippen molar-refractivity contribution in [1.29, 1.82) is 0 Å². The molecular weight excluding hydrogens is 551 g/mol. The molecule has 5 rings (SSSR count). The zero-order valence-corrected chi connectivity index (χ0v) is 21.8. The third kappa shape index (κ3) is 5.38. The van der Waals surface area contributed by atoms with Crippen LogP contribution in [0.4, 0.5) is 14.5 Å². The third-order valence-electron chi connectivity index (χ3n) is 6.72. The van der Waals surface area contributed by atoms with Gasteiger partial charge in [0.1, 0.15) is 17.2 Å². The number of hydrogen-bond donors (Lipinski definition) is 1. The molecule has 1 aliphatic rings. The lowest BCUT2D eigenvalue weighted by Gasteiger charge is -2.36. The maximum Gasteiger partial charge on any atom is 0.341 e. The van der Waals surface area contributed by atoms with Crippen molar-refractivity contribution < 1.29 is 23.5 Å². The molecule has 0 radical (unpaired) electrons. The van der Waals surface area contributed by atoms with Crippen LogP contribution in [0.1, 0.15) is 20.7 Å². The van der Waals surface area contributed by atoms with Gasteiger partial charge in [-0.2, -0.15) is 0 Å². The van der Waals surface area contributed by atoms with Gasteiger partial charge in [0, 0.05) is 54.0 Å². The highest BCUT2D eigenvalue weighted by molar-refractivity contribution is 6.36. The molecule has 0 spiro atoms. The summed E-state index contributed by atoms with van der Waals surface area (Å²) in [5.74, 6) is -2.76. The summed E-state index contributed by atoms with van der Waals surface area (Å²) >= 11 is 12.1. The quantitative estimate of drug-likeness (QED) is 0.317. The standard InChI is InChI=1S/C28H21Cl2F2N3O4/c29-16-1-6-19(22(30)11-16)26(36)15-33-7-9-34(10-8-33)25-13-24-20(12-23(25)32)27(37)21(28(38)39)14-35(24)18-4-2-17(31)3-5-18/h1-6,11-14H,7-10,15H2,(H,38,39). The maximum absolute atomic E-state index is 15.3. The molecule has 0 unspecified atom stereocenters. The molecular formula is C28H21Cl2F2N3O4. The number of aromatic carboxylic acids is 1. The van der Waals surface area contributed by atoms with E-state index >= 15 is 4.39 Å². The van der Waals surface area contributed by atoms with E-state index in [1.165, 1.54) is 41.0 Å². The maximum atomic E-state index is 15.3. The van der Waals surface area contributed by atoms with E-state index in [0.29, 0.717) is 42.5 Å². The number of aromatic nitrogens is 1. The number of piperazine rings is 1. The Kier molecular flexibility index (Phi) is 7.40. The minimum Gasteiger partial charge on any atom is -0.477 e. The molecule has 1 fully saturated rings. The van der Waals surface area contributed by atoms with Crippen LogP contribution in [-0.2, 0) is 0 Å². The SMILES string of the molecule is O=C(CN1CCN(c2cc3c(cc2F)c(=O)c(C(=O)O)cn3-c2ccc(F)cc2)CC1)c1ccc(Cl)cc1Cl. The molecule has 0 aliphatic carbocycles. The molecule has 0 atom stereocenters. The number of carboxylic acid groups (broad SMARTS) is 1. The third-order valence-corrected chi connectivity index (χ3v) is 7.27. The Morgan fingerprint density at radius 3 is 2.23 bits per heavy atom. The lowest BCUT2D eigenvalue weighted by atomic mass is 10.1. The number of ketones is 1. The summed E-state index contributed by atoms with van der Waals surface area (Å²) in [6.45, 7) is 1.88. The lowest BCUT2D eigenvalue weighted by molar-refractivity contribution is 0.0694. The second-order valence-corrected chi connectivity index (χ2v) is 10.00. The van der Waals surface area contributed by atoms with Gasteiger partial charge in [-0.3, -0.25) is 14.5 Å². The lowest BCUT2D eigenvalue weighted by Crippen LogP contribution is -2.48. The van der Waals surface area contributed by atoms with Crippen molar-refractivity contribution in [3.8, 4) is 5.69 Å². The zero-order valence-electron chi connectivity index (χ0n) is 20.3. The van der Waals surface area contributed by atoms with Gasteiger partial charge < -0.3 is 14.6 Å². The highest BCUT2D eigenvalue weighted by Gasteiger charge is 2.24. The Balaban J connectivity index is 1.43. The van der Waals surface area contributed by atoms with Crippen LogP contribution in [-0.4, -0.2) is 59.0 Å². The van der Waals surface area contributed by atoms with E-state index < -0.39 is 28.6 Å². The van der Waals surface area contributed by atoms with Crippen LogP contribution in [0.15, 0.2) is 65.6 Å². The van der Waals surface area contributed by atoms with Crippen LogP contribution in [0.25, 0.3) is 16.6 Å². The summed E-state index contributed by atoms with van der Waals surface area (Å²) in [5.41, 5.74) is -0.0479. The first-order chi connectivity index (χ1) is 18.6. The summed E-state index contributed by atoms with van der Waals surface area (Å²) in [4.78, 5) is 41.1. The number of anilines is 1. The van der Waals surface area contributed by atoms with E-state index in [-0.39, 0.29) is 33.9 Å². The highest BCUT2D eigenvalue weighted by atomic mass is 35.5.